The molecule has 0 aromatic carbocycles. The van der Waals surface area contributed by atoms with E-state index < -0.39 is 5.97 Å². The third-order valence-corrected chi connectivity index (χ3v) is 2.06. The first kappa shape index (κ1) is 12.7. The molecule has 0 radical (unpaired) electrons. The van der Waals surface area contributed by atoms with Gasteiger partial charge < -0.3 is 20.2 Å². The molecule has 0 aliphatic heterocycles. The van der Waals surface area contributed by atoms with Crippen molar-refractivity contribution in [2.24, 2.45) is 12.8 Å². The first-order chi connectivity index (χ1) is 5.57. The minimum absolute atomic E-state index is 0. The summed E-state index contributed by atoms with van der Waals surface area (Å²) in [6, 6.07) is 1.55. The summed E-state index contributed by atoms with van der Waals surface area (Å²) < 4.78 is 1.76. The van der Waals surface area contributed by atoms with Gasteiger partial charge in [0.1, 0.15) is 0 Å². The minimum atomic E-state index is -1.15. The van der Waals surface area contributed by atoms with E-state index in [-0.39, 0.29) is 35.1 Å². The monoisotopic (exact) mass is 190 g/mol. The minimum Gasteiger partial charge on any atom is -0.545 e. The maximum Gasteiger partial charge on any atom is 1.00 e. The van der Waals surface area contributed by atoms with Crippen molar-refractivity contribution in [3.63, 3.8) is 0 Å². The Kier molecular flexibility index (Phi) is 4.70. The largest absolute Gasteiger partial charge is 1.00 e. The molecular weight excluding hydrogens is 179 g/mol. The number of carboxylic acids is 1. The number of aromatic nitrogens is 1. The van der Waals surface area contributed by atoms with Crippen LogP contribution in [0.5, 0.6) is 0 Å². The molecule has 0 spiro atoms. The van der Waals surface area contributed by atoms with Crippen LogP contribution >= 0.6 is 0 Å². The van der Waals surface area contributed by atoms with E-state index >= 15 is 0 Å². The van der Waals surface area contributed by atoms with Crippen LogP contribution in [0, 0.1) is 6.92 Å². The number of aromatic carboxylic acids is 1. The van der Waals surface area contributed by atoms with E-state index in [2.05, 4.69) is 0 Å². The number of rotatable bonds is 2. The van der Waals surface area contributed by atoms with Gasteiger partial charge in [0, 0.05) is 30.5 Å². The summed E-state index contributed by atoms with van der Waals surface area (Å²) in [6.07, 6.45) is 0. The van der Waals surface area contributed by atoms with Crippen molar-refractivity contribution in [1.29, 1.82) is 0 Å². The Morgan fingerprint density at radius 3 is 2.46 bits per heavy atom. The average molecular weight is 190 g/mol. The zero-order valence-electron chi connectivity index (χ0n) is 8.13. The molecule has 0 amide bonds. The van der Waals surface area contributed by atoms with E-state index in [1.807, 2.05) is 0 Å². The second kappa shape index (κ2) is 4.81. The maximum absolute atomic E-state index is 10.5. The molecule has 4 nitrogen and oxygen atoms in total. The molecule has 13 heavy (non-hydrogen) atoms. The first-order valence-corrected chi connectivity index (χ1v) is 3.64. The van der Waals surface area contributed by atoms with Gasteiger partial charge in [-0.05, 0) is 13.0 Å². The number of carbonyl (C=O) groups is 1. The average Bonchev–Trinajstić information content (AvgIpc) is 2.30. The first-order valence-electron chi connectivity index (χ1n) is 3.64. The molecule has 1 aromatic heterocycles. The smallest absolute Gasteiger partial charge is 0.545 e. The van der Waals surface area contributed by atoms with Crippen molar-refractivity contribution in [2.45, 2.75) is 13.5 Å². The topological polar surface area (TPSA) is 71.1 Å². The van der Waals surface area contributed by atoms with Crippen LogP contribution in [0.25, 0.3) is 0 Å². The SMILES string of the molecule is Cc1c(C(=O)[O-])cc(CN)n1C.[Na+]. The molecule has 0 unspecified atom stereocenters. The van der Waals surface area contributed by atoms with E-state index in [1.165, 1.54) is 0 Å². The Bertz CT molecular complexity index is 320. The maximum atomic E-state index is 10.5. The fourth-order valence-electron chi connectivity index (χ4n) is 1.17. The van der Waals surface area contributed by atoms with Crippen LogP contribution in [0.1, 0.15) is 21.7 Å². The van der Waals surface area contributed by atoms with Crippen molar-refractivity contribution in [3.8, 4) is 0 Å². The molecule has 2 N–H and O–H groups in total. The van der Waals surface area contributed by atoms with E-state index in [1.54, 1.807) is 24.6 Å². The molecule has 0 bridgehead atoms. The summed E-state index contributed by atoms with van der Waals surface area (Å²) in [7, 11) is 1.78. The Labute approximate surface area is 99.0 Å². The third-order valence-electron chi connectivity index (χ3n) is 2.06. The zero-order chi connectivity index (χ0) is 9.30. The van der Waals surface area contributed by atoms with Gasteiger partial charge in [0.05, 0.1) is 5.97 Å². The van der Waals surface area contributed by atoms with Crippen molar-refractivity contribution in [2.75, 3.05) is 0 Å². The van der Waals surface area contributed by atoms with Gasteiger partial charge in [-0.25, -0.2) is 0 Å². The van der Waals surface area contributed by atoms with Gasteiger partial charge in [-0.2, -0.15) is 0 Å². The molecule has 0 aliphatic carbocycles. The third kappa shape index (κ3) is 2.34. The fraction of sp³-hybridized carbons (Fsp3) is 0.375. The van der Waals surface area contributed by atoms with Gasteiger partial charge in [0.15, 0.2) is 0 Å². The van der Waals surface area contributed by atoms with Gasteiger partial charge >= 0.3 is 29.6 Å². The van der Waals surface area contributed by atoms with Gasteiger partial charge in [-0.15, -0.1) is 0 Å². The van der Waals surface area contributed by atoms with Crippen LogP contribution in [0.15, 0.2) is 6.07 Å². The van der Waals surface area contributed by atoms with E-state index in [0.717, 1.165) is 5.69 Å². The Morgan fingerprint density at radius 2 is 2.23 bits per heavy atom. The Morgan fingerprint density at radius 1 is 1.69 bits per heavy atom. The summed E-state index contributed by atoms with van der Waals surface area (Å²) in [4.78, 5) is 10.5. The van der Waals surface area contributed by atoms with Crippen molar-refractivity contribution < 1.29 is 39.5 Å². The number of nitrogens with two attached hydrogens (primary N) is 1. The number of carboxylic acid groups (broad SMARTS) is 1. The van der Waals surface area contributed by atoms with Crippen molar-refractivity contribution in [1.82, 2.24) is 4.57 Å². The van der Waals surface area contributed by atoms with Gasteiger partial charge in [0.2, 0.25) is 0 Å². The van der Waals surface area contributed by atoms with Crippen LogP contribution < -0.4 is 40.4 Å². The van der Waals surface area contributed by atoms with Crippen LogP contribution in [-0.2, 0) is 13.6 Å². The summed E-state index contributed by atoms with van der Waals surface area (Å²) >= 11 is 0. The number of hydrogen-bond acceptors (Lipinski definition) is 3. The Balaban J connectivity index is 0.00000144. The summed E-state index contributed by atoms with van der Waals surface area (Å²) in [5.74, 6) is -1.15. The number of hydrogen-bond donors (Lipinski definition) is 1. The normalized spacial score (nSPS) is 9.46. The number of nitrogens with zero attached hydrogens (tertiary/aromatic N) is 1. The molecule has 0 aliphatic rings. The number of carbonyl (C=O) groups excluding carboxylic acids is 1. The fourth-order valence-corrected chi connectivity index (χ4v) is 1.17. The standard InChI is InChI=1S/C8H12N2O2.Na/c1-5-7(8(11)12)3-6(4-9)10(5)2;/h3H,4,9H2,1-2H3,(H,11,12);/q;+1/p-1. The second-order valence-electron chi connectivity index (χ2n) is 2.69. The summed E-state index contributed by atoms with van der Waals surface area (Å²) in [5, 5.41) is 10.5. The van der Waals surface area contributed by atoms with Crippen molar-refractivity contribution >= 4 is 5.97 Å². The quantitative estimate of drug-likeness (QED) is 0.485. The molecule has 0 atom stereocenters. The van der Waals surface area contributed by atoms with E-state index in [0.29, 0.717) is 12.2 Å². The molecule has 1 aromatic rings. The second-order valence-corrected chi connectivity index (χ2v) is 2.69. The van der Waals surface area contributed by atoms with E-state index in [9.17, 15) is 9.90 Å². The Hall–Kier alpha value is -0.290. The molecule has 1 heterocycles. The van der Waals surface area contributed by atoms with Crippen LogP contribution in [0.2, 0.25) is 0 Å². The molecule has 66 valence electrons. The molecular formula is C8H11N2NaO2. The predicted octanol–water partition coefficient (Wildman–Crippen LogP) is -3.84. The van der Waals surface area contributed by atoms with Crippen LogP contribution in [0.4, 0.5) is 0 Å². The van der Waals surface area contributed by atoms with Crippen molar-refractivity contribution in [3.05, 3.63) is 23.0 Å². The van der Waals surface area contributed by atoms with Gasteiger partial charge in [0.25, 0.3) is 0 Å². The van der Waals surface area contributed by atoms with Gasteiger partial charge in [-0.1, -0.05) is 0 Å². The molecule has 5 heteroatoms. The van der Waals surface area contributed by atoms with Crippen LogP contribution in [0.3, 0.4) is 0 Å². The molecule has 0 saturated carbocycles. The molecule has 0 fully saturated rings. The van der Waals surface area contributed by atoms with Crippen LogP contribution in [-0.4, -0.2) is 10.5 Å². The van der Waals surface area contributed by atoms with Gasteiger partial charge in [-0.3, -0.25) is 0 Å². The molecule has 0 saturated heterocycles. The predicted molar refractivity (Wildman–Crippen MR) is 42.4 cm³/mol. The van der Waals surface area contributed by atoms with E-state index in [4.69, 9.17) is 5.73 Å². The summed E-state index contributed by atoms with van der Waals surface area (Å²) in [5.41, 5.74) is 7.09. The summed E-state index contributed by atoms with van der Waals surface area (Å²) in [6.45, 7) is 2.06. The zero-order valence-corrected chi connectivity index (χ0v) is 10.1. The molecule has 1 rings (SSSR count).